The van der Waals surface area contributed by atoms with Crippen molar-refractivity contribution in [1.82, 2.24) is 14.5 Å². The Hall–Kier alpha value is -3.73. The molecular formula is C21H15F3N5O2S. The maximum atomic E-state index is 13.3. The van der Waals surface area contributed by atoms with Gasteiger partial charge in [0.15, 0.2) is 5.13 Å². The Labute approximate surface area is 183 Å². The standard InChI is InChI=1S/C21H15F3N5O2S/c1-11(30)26-20-28-18-16(32-20)7-6-14(15-9-25-10-29(15)2)17(18)19(31)27-13-5-3-4-12(8-13)21(22,23)24/h3-4,6-10H,1-2H3,(H,27,31)(H,26,28,30). The predicted molar refractivity (Wildman–Crippen MR) is 114 cm³/mol. The van der Waals surface area contributed by atoms with E-state index < -0.39 is 17.6 Å². The van der Waals surface area contributed by atoms with E-state index in [9.17, 15) is 22.8 Å². The second kappa shape index (κ2) is 8.08. The Kier molecular flexibility index (Phi) is 5.43. The highest BCUT2D eigenvalue weighted by Gasteiger charge is 2.31. The van der Waals surface area contributed by atoms with Crippen LogP contribution in [-0.4, -0.2) is 26.3 Å². The second-order valence-electron chi connectivity index (χ2n) is 6.87. The van der Waals surface area contributed by atoms with Crippen molar-refractivity contribution in [2.75, 3.05) is 10.6 Å². The number of carbonyl (C=O) groups excluding carboxylic acids is 2. The minimum atomic E-state index is -4.56. The van der Waals surface area contributed by atoms with Crippen molar-refractivity contribution in [2.24, 2.45) is 7.05 Å². The van der Waals surface area contributed by atoms with E-state index in [-0.39, 0.29) is 17.2 Å². The van der Waals surface area contributed by atoms with Gasteiger partial charge in [-0.05, 0) is 18.2 Å². The van der Waals surface area contributed by atoms with Gasteiger partial charge in [0, 0.05) is 31.3 Å². The molecule has 163 valence electrons. The van der Waals surface area contributed by atoms with E-state index in [0.717, 1.165) is 18.2 Å². The van der Waals surface area contributed by atoms with Crippen LogP contribution in [0, 0.1) is 6.07 Å². The summed E-state index contributed by atoms with van der Waals surface area (Å²) in [5.74, 6) is -0.984. The fourth-order valence-electron chi connectivity index (χ4n) is 3.16. The van der Waals surface area contributed by atoms with Crippen molar-refractivity contribution < 1.29 is 22.8 Å². The average Bonchev–Trinajstić information content (AvgIpc) is 3.31. The van der Waals surface area contributed by atoms with Gasteiger partial charge in [0.1, 0.15) is 0 Å². The van der Waals surface area contributed by atoms with E-state index in [2.05, 4.69) is 26.7 Å². The summed E-state index contributed by atoms with van der Waals surface area (Å²) < 4.78 is 41.5. The van der Waals surface area contributed by atoms with Gasteiger partial charge in [0.05, 0.1) is 39.6 Å². The van der Waals surface area contributed by atoms with Crippen LogP contribution >= 0.6 is 11.3 Å². The molecule has 4 rings (SSSR count). The first-order valence-corrected chi connectivity index (χ1v) is 10.0. The van der Waals surface area contributed by atoms with Gasteiger partial charge >= 0.3 is 6.18 Å². The summed E-state index contributed by atoms with van der Waals surface area (Å²) in [6.07, 6.45) is -1.43. The number of amides is 2. The largest absolute Gasteiger partial charge is 0.416 e. The van der Waals surface area contributed by atoms with E-state index in [0.29, 0.717) is 26.6 Å². The molecule has 0 spiro atoms. The van der Waals surface area contributed by atoms with Gasteiger partial charge in [-0.25, -0.2) is 9.97 Å². The highest BCUT2D eigenvalue weighted by Crippen LogP contribution is 2.35. The third kappa shape index (κ3) is 4.19. The summed E-state index contributed by atoms with van der Waals surface area (Å²) in [7, 11) is 1.75. The predicted octanol–water partition coefficient (Wildman–Crippen LogP) is 4.73. The molecule has 4 aromatic rings. The van der Waals surface area contributed by atoms with Crippen LogP contribution in [0.2, 0.25) is 0 Å². The van der Waals surface area contributed by atoms with Gasteiger partial charge in [-0.1, -0.05) is 23.5 Å². The molecule has 0 saturated heterocycles. The van der Waals surface area contributed by atoms with Gasteiger partial charge < -0.3 is 15.2 Å². The molecule has 0 aliphatic carbocycles. The molecule has 0 saturated carbocycles. The molecule has 32 heavy (non-hydrogen) atoms. The molecule has 7 nitrogen and oxygen atoms in total. The maximum absolute atomic E-state index is 13.3. The number of rotatable bonds is 4. The molecule has 0 fully saturated rings. The normalized spacial score (nSPS) is 11.5. The molecule has 2 heterocycles. The lowest BCUT2D eigenvalue weighted by Crippen LogP contribution is -2.15. The lowest BCUT2D eigenvalue weighted by molar-refractivity contribution is -0.137. The smallest absolute Gasteiger partial charge is 0.334 e. The first-order valence-electron chi connectivity index (χ1n) is 9.21. The maximum Gasteiger partial charge on any atom is 0.416 e. The number of fused-ring (bicyclic) bond motifs is 1. The average molecular weight is 458 g/mol. The van der Waals surface area contributed by atoms with E-state index in [1.54, 1.807) is 36.3 Å². The molecule has 0 unspecified atom stereocenters. The van der Waals surface area contributed by atoms with Crippen LogP contribution in [0.1, 0.15) is 22.8 Å². The zero-order valence-corrected chi connectivity index (χ0v) is 17.6. The summed E-state index contributed by atoms with van der Waals surface area (Å²) in [6, 6.07) is 8.85. The van der Waals surface area contributed by atoms with Crippen molar-refractivity contribution in [2.45, 2.75) is 13.1 Å². The Morgan fingerprint density at radius 2 is 1.97 bits per heavy atom. The molecule has 0 aliphatic rings. The molecule has 2 amide bonds. The van der Waals surface area contributed by atoms with E-state index in [4.69, 9.17) is 0 Å². The minimum Gasteiger partial charge on any atom is -0.334 e. The van der Waals surface area contributed by atoms with Crippen LogP contribution in [0.4, 0.5) is 24.0 Å². The first kappa shape index (κ1) is 21.5. The summed E-state index contributed by atoms with van der Waals surface area (Å²) in [5, 5.41) is 5.38. The van der Waals surface area contributed by atoms with E-state index in [1.807, 2.05) is 0 Å². The Bertz CT molecular complexity index is 1340. The number of benzene rings is 2. The summed E-state index contributed by atoms with van der Waals surface area (Å²) in [5.41, 5.74) is 0.515. The summed E-state index contributed by atoms with van der Waals surface area (Å²) >= 11 is 1.18. The molecule has 0 bridgehead atoms. The zero-order chi connectivity index (χ0) is 23.0. The van der Waals surface area contributed by atoms with Crippen LogP contribution in [-0.2, 0) is 18.0 Å². The van der Waals surface area contributed by atoms with Gasteiger partial charge in [-0.2, -0.15) is 13.2 Å². The Morgan fingerprint density at radius 1 is 1.19 bits per heavy atom. The van der Waals surface area contributed by atoms with Gasteiger partial charge in [0.25, 0.3) is 5.91 Å². The fraction of sp³-hybridized carbons (Fsp3) is 0.143. The zero-order valence-electron chi connectivity index (χ0n) is 16.7. The Morgan fingerprint density at radius 3 is 2.62 bits per heavy atom. The van der Waals surface area contributed by atoms with Gasteiger partial charge in [0.2, 0.25) is 5.91 Å². The van der Waals surface area contributed by atoms with Gasteiger partial charge in [-0.3, -0.25) is 9.59 Å². The number of hydrogen-bond donors (Lipinski definition) is 2. The number of aryl methyl sites for hydroxylation is 1. The third-order valence-electron chi connectivity index (χ3n) is 4.54. The highest BCUT2D eigenvalue weighted by molar-refractivity contribution is 7.22. The number of halogens is 3. The fourth-order valence-corrected chi connectivity index (χ4v) is 4.08. The van der Waals surface area contributed by atoms with Crippen molar-refractivity contribution >= 4 is 44.2 Å². The molecule has 2 N–H and O–H groups in total. The quantitative estimate of drug-likeness (QED) is 0.463. The van der Waals surface area contributed by atoms with E-state index in [1.165, 1.54) is 18.3 Å². The number of alkyl halides is 3. The van der Waals surface area contributed by atoms with Crippen LogP contribution in [0.25, 0.3) is 21.5 Å². The topological polar surface area (TPSA) is 88.9 Å². The number of aromatic nitrogens is 3. The monoisotopic (exact) mass is 458 g/mol. The van der Waals surface area contributed by atoms with Crippen molar-refractivity contribution in [3.8, 4) is 11.3 Å². The highest BCUT2D eigenvalue weighted by atomic mass is 32.1. The second-order valence-corrected chi connectivity index (χ2v) is 7.90. The van der Waals surface area contributed by atoms with E-state index >= 15 is 0 Å². The van der Waals surface area contributed by atoms with Crippen LogP contribution in [0.15, 0.2) is 42.9 Å². The van der Waals surface area contributed by atoms with Crippen molar-refractivity contribution in [1.29, 1.82) is 0 Å². The number of nitrogens with one attached hydrogen (secondary N) is 2. The number of nitrogens with zero attached hydrogens (tertiary/aromatic N) is 3. The molecule has 1 radical (unpaired) electrons. The number of anilines is 2. The molecule has 11 heteroatoms. The van der Waals surface area contributed by atoms with Crippen LogP contribution < -0.4 is 10.6 Å². The molecule has 2 aromatic carbocycles. The van der Waals surface area contributed by atoms with Crippen molar-refractivity contribution in [3.63, 3.8) is 0 Å². The van der Waals surface area contributed by atoms with Crippen molar-refractivity contribution in [3.05, 3.63) is 60.0 Å². The molecule has 0 atom stereocenters. The van der Waals surface area contributed by atoms with Gasteiger partial charge in [-0.15, -0.1) is 0 Å². The SMILES string of the molecule is CC(=O)Nc1nc2c(C(=O)Nc3[c]ccc(C(F)(F)F)c3)c(-c3cncn3C)ccc2s1. The number of thiazole rings is 1. The third-order valence-corrected chi connectivity index (χ3v) is 5.48. The van der Waals surface area contributed by atoms with Crippen LogP contribution in [0.5, 0.6) is 0 Å². The summed E-state index contributed by atoms with van der Waals surface area (Å²) in [4.78, 5) is 33.2. The number of imidazole rings is 1. The molecule has 2 aromatic heterocycles. The lowest BCUT2D eigenvalue weighted by Gasteiger charge is -2.13. The number of carbonyl (C=O) groups is 2. The number of hydrogen-bond acceptors (Lipinski definition) is 5. The van der Waals surface area contributed by atoms with Crippen LogP contribution in [0.3, 0.4) is 0 Å². The summed E-state index contributed by atoms with van der Waals surface area (Å²) in [6.45, 7) is 1.34. The lowest BCUT2D eigenvalue weighted by atomic mass is 10.0. The Balaban J connectivity index is 1.83. The first-order chi connectivity index (χ1) is 15.1. The minimum absolute atomic E-state index is 0.130. The molecular weight excluding hydrogens is 443 g/mol. The molecule has 0 aliphatic heterocycles.